The summed E-state index contributed by atoms with van der Waals surface area (Å²) < 4.78 is 20.0. The maximum absolute atomic E-state index is 12.9. The van der Waals surface area contributed by atoms with Crippen molar-refractivity contribution in [1.82, 2.24) is 0 Å². The Hall–Kier alpha value is -3.31. The van der Waals surface area contributed by atoms with Crippen molar-refractivity contribution in [2.75, 3.05) is 6.61 Å². The van der Waals surface area contributed by atoms with Gasteiger partial charge in [0.05, 0.1) is 25.4 Å². The molecule has 0 bridgehead atoms. The van der Waals surface area contributed by atoms with Crippen molar-refractivity contribution in [3.05, 3.63) is 120 Å². The quantitative estimate of drug-likeness (QED) is 0.195. The molecule has 4 aromatic carbocycles. The second kappa shape index (κ2) is 11.3. The summed E-state index contributed by atoms with van der Waals surface area (Å²) in [5.41, 5.74) is 0.195. The molecule has 4 aromatic rings. The van der Waals surface area contributed by atoms with E-state index in [0.717, 1.165) is 17.4 Å². The molecule has 1 fully saturated rings. The summed E-state index contributed by atoms with van der Waals surface area (Å²) in [7, 11) is 0. The molecular weight excluding hydrogens is 496 g/mol. The third kappa shape index (κ3) is 5.62. The van der Waals surface area contributed by atoms with E-state index < -0.39 is 22.2 Å². The number of carbonyl (C=O) groups excluding carboxylic acids is 1. The highest BCUT2D eigenvalue weighted by atomic mass is 16.6. The lowest BCUT2D eigenvalue weighted by Crippen LogP contribution is -2.70. The molecule has 1 aliphatic heterocycles. The van der Waals surface area contributed by atoms with Crippen molar-refractivity contribution < 1.29 is 19.0 Å². The number of hydrogen-bond donors (Lipinski definition) is 0. The van der Waals surface area contributed by atoms with Gasteiger partial charge < -0.3 is 19.0 Å². The average molecular weight is 537 g/mol. The van der Waals surface area contributed by atoms with E-state index in [4.69, 9.17) is 14.2 Å². The third-order valence-electron chi connectivity index (χ3n) is 9.00. The molecule has 0 N–H and O–H groups in total. The maximum atomic E-state index is 12.9. The van der Waals surface area contributed by atoms with Gasteiger partial charge in [-0.2, -0.15) is 0 Å². The van der Waals surface area contributed by atoms with Gasteiger partial charge in [-0.05, 0) is 61.1 Å². The number of ether oxygens (including phenoxy) is 3. The molecule has 1 aliphatic rings. The molecule has 1 saturated heterocycles. The Kier molecular flexibility index (Phi) is 7.96. The highest BCUT2D eigenvalue weighted by Crippen LogP contribution is 2.55. The summed E-state index contributed by atoms with van der Waals surface area (Å²) in [6.45, 7) is 9.42. The first-order valence-corrected chi connectivity index (χ1v) is 14.1. The van der Waals surface area contributed by atoms with Gasteiger partial charge in [-0.25, -0.2) is 0 Å². The van der Waals surface area contributed by atoms with E-state index in [-0.39, 0.29) is 0 Å². The first-order valence-electron chi connectivity index (χ1n) is 14.1. The molecule has 0 aromatic heterocycles. The standard InChI is InChI=1S/C36H40O4/c1-33(22-30-19-20-31-17-11-12-18-32(31)21-30)25-34(2,39-24-29-15-9-6-10-16-29)36(4,40-35(33,3)26-37)27-38-23-28-13-7-5-8-14-28/h5-21,26H,22-25,27H2,1-4H3/t33-,34+,35+,36-/m0/s1. The van der Waals surface area contributed by atoms with Crippen molar-refractivity contribution in [2.45, 2.75) is 70.6 Å². The largest absolute Gasteiger partial charge is 0.374 e. The van der Waals surface area contributed by atoms with Gasteiger partial charge in [0, 0.05) is 5.41 Å². The molecule has 40 heavy (non-hydrogen) atoms. The van der Waals surface area contributed by atoms with Crippen molar-refractivity contribution in [3.63, 3.8) is 0 Å². The number of fused-ring (bicyclic) bond motifs is 1. The Morgan fingerprint density at radius 3 is 1.98 bits per heavy atom. The fourth-order valence-corrected chi connectivity index (χ4v) is 6.15. The summed E-state index contributed by atoms with van der Waals surface area (Å²) >= 11 is 0. The first-order chi connectivity index (χ1) is 19.2. The van der Waals surface area contributed by atoms with Gasteiger partial charge in [0.1, 0.15) is 11.2 Å². The van der Waals surface area contributed by atoms with E-state index in [0.29, 0.717) is 32.7 Å². The topological polar surface area (TPSA) is 44.8 Å². The molecule has 4 atom stereocenters. The summed E-state index contributed by atoms with van der Waals surface area (Å²) in [5, 5.41) is 2.39. The van der Waals surface area contributed by atoms with Crippen LogP contribution in [0.1, 0.15) is 50.8 Å². The highest BCUT2D eigenvalue weighted by molar-refractivity contribution is 5.83. The molecule has 0 radical (unpaired) electrons. The molecule has 0 saturated carbocycles. The van der Waals surface area contributed by atoms with Gasteiger partial charge in [-0.15, -0.1) is 0 Å². The Bertz CT molecular complexity index is 1440. The number of rotatable bonds is 10. The van der Waals surface area contributed by atoms with Crippen molar-refractivity contribution in [2.24, 2.45) is 5.41 Å². The van der Waals surface area contributed by atoms with Gasteiger partial charge >= 0.3 is 0 Å². The second-order valence-electron chi connectivity index (χ2n) is 12.1. The van der Waals surface area contributed by atoms with Crippen LogP contribution in [0.4, 0.5) is 0 Å². The molecule has 0 unspecified atom stereocenters. The van der Waals surface area contributed by atoms with E-state index in [1.807, 2.05) is 62.4 Å². The zero-order valence-corrected chi connectivity index (χ0v) is 24.1. The highest BCUT2D eigenvalue weighted by Gasteiger charge is 2.63. The molecule has 0 amide bonds. The number of aldehydes is 1. The van der Waals surface area contributed by atoms with Crippen LogP contribution in [0.15, 0.2) is 103 Å². The van der Waals surface area contributed by atoms with Crippen LogP contribution in [-0.4, -0.2) is 29.7 Å². The Morgan fingerprint density at radius 1 is 0.725 bits per heavy atom. The SMILES string of the molecule is C[C@]1(Cc2ccc3ccccc3c2)C[C@@](C)(OCc2ccccc2)[C@](C)(COCc2ccccc2)O[C@]1(C)C=O. The van der Waals surface area contributed by atoms with Crippen LogP contribution < -0.4 is 0 Å². The van der Waals surface area contributed by atoms with Crippen LogP contribution in [-0.2, 0) is 38.6 Å². The van der Waals surface area contributed by atoms with Gasteiger partial charge in [-0.3, -0.25) is 0 Å². The molecular formula is C36H40O4. The normalized spacial score (nSPS) is 28.4. The summed E-state index contributed by atoms with van der Waals surface area (Å²) in [6.07, 6.45) is 2.29. The molecule has 4 nitrogen and oxygen atoms in total. The Balaban J connectivity index is 1.46. The number of benzene rings is 4. The van der Waals surface area contributed by atoms with E-state index in [1.165, 1.54) is 16.3 Å². The van der Waals surface area contributed by atoms with E-state index in [2.05, 4.69) is 68.4 Å². The first kappa shape index (κ1) is 28.2. The Morgan fingerprint density at radius 2 is 1.32 bits per heavy atom. The number of carbonyl (C=O) groups is 1. The van der Waals surface area contributed by atoms with Crippen LogP contribution in [0.5, 0.6) is 0 Å². The summed E-state index contributed by atoms with van der Waals surface area (Å²) in [4.78, 5) is 12.9. The van der Waals surface area contributed by atoms with E-state index in [9.17, 15) is 4.79 Å². The predicted molar refractivity (Wildman–Crippen MR) is 160 cm³/mol. The van der Waals surface area contributed by atoms with Crippen molar-refractivity contribution in [3.8, 4) is 0 Å². The molecule has 0 spiro atoms. The molecule has 4 heteroatoms. The zero-order chi connectivity index (χ0) is 28.3. The van der Waals surface area contributed by atoms with E-state index >= 15 is 0 Å². The van der Waals surface area contributed by atoms with Crippen LogP contribution >= 0.6 is 0 Å². The van der Waals surface area contributed by atoms with Crippen LogP contribution in [0.3, 0.4) is 0 Å². The van der Waals surface area contributed by atoms with Gasteiger partial charge in [-0.1, -0.05) is 110 Å². The lowest BCUT2D eigenvalue weighted by molar-refractivity contribution is -0.319. The van der Waals surface area contributed by atoms with Crippen molar-refractivity contribution in [1.29, 1.82) is 0 Å². The zero-order valence-electron chi connectivity index (χ0n) is 24.1. The summed E-state index contributed by atoms with van der Waals surface area (Å²) in [5.74, 6) is 0. The lowest BCUT2D eigenvalue weighted by atomic mass is 9.59. The average Bonchev–Trinajstić information content (AvgIpc) is 2.96. The maximum Gasteiger partial charge on any atom is 0.152 e. The monoisotopic (exact) mass is 536 g/mol. The molecule has 1 heterocycles. The molecule has 208 valence electrons. The minimum atomic E-state index is -1.04. The lowest BCUT2D eigenvalue weighted by Gasteiger charge is -2.61. The third-order valence-corrected chi connectivity index (χ3v) is 9.00. The van der Waals surface area contributed by atoms with Gasteiger partial charge in [0.2, 0.25) is 0 Å². The fraction of sp³-hybridized carbons (Fsp3) is 0.361. The minimum Gasteiger partial charge on any atom is -0.374 e. The number of hydrogen-bond acceptors (Lipinski definition) is 4. The van der Waals surface area contributed by atoms with Crippen molar-refractivity contribution >= 4 is 17.1 Å². The second-order valence-corrected chi connectivity index (χ2v) is 12.1. The minimum absolute atomic E-state index is 0.294. The van der Waals surface area contributed by atoms with Gasteiger partial charge in [0.15, 0.2) is 6.29 Å². The summed E-state index contributed by atoms with van der Waals surface area (Å²) in [6, 6.07) is 35.2. The Labute approximate surface area is 238 Å². The van der Waals surface area contributed by atoms with E-state index in [1.54, 1.807) is 0 Å². The molecule has 5 rings (SSSR count). The van der Waals surface area contributed by atoms with Gasteiger partial charge in [0.25, 0.3) is 0 Å². The van der Waals surface area contributed by atoms with Crippen LogP contribution in [0.25, 0.3) is 10.8 Å². The van der Waals surface area contributed by atoms with Crippen LogP contribution in [0.2, 0.25) is 0 Å². The van der Waals surface area contributed by atoms with Crippen LogP contribution in [0, 0.1) is 5.41 Å². The fourth-order valence-electron chi connectivity index (χ4n) is 6.15. The molecule has 0 aliphatic carbocycles. The predicted octanol–water partition coefficient (Wildman–Crippen LogP) is 7.72. The smallest absolute Gasteiger partial charge is 0.152 e.